The summed E-state index contributed by atoms with van der Waals surface area (Å²) in [6.07, 6.45) is 4.68. The predicted octanol–water partition coefficient (Wildman–Crippen LogP) is 4.14. The van der Waals surface area contributed by atoms with Gasteiger partial charge in [-0.05, 0) is 72.9 Å². The van der Waals surface area contributed by atoms with Crippen LogP contribution in [0.25, 0.3) is 0 Å². The van der Waals surface area contributed by atoms with Crippen LogP contribution in [0.3, 0.4) is 0 Å². The Bertz CT molecular complexity index is 1020. The SMILES string of the molecule is Cc1ccc(C(=O)NC(c2ccc3c(c2)CCCC3)c2cccs2)c(=O)[nH]1. The molecular weight excluding hydrogens is 356 g/mol. The Labute approximate surface area is 162 Å². The predicted molar refractivity (Wildman–Crippen MR) is 109 cm³/mol. The first kappa shape index (κ1) is 17.7. The van der Waals surface area contributed by atoms with E-state index in [2.05, 4.69) is 28.5 Å². The average molecular weight is 378 g/mol. The summed E-state index contributed by atoms with van der Waals surface area (Å²) in [5, 5.41) is 5.08. The van der Waals surface area contributed by atoms with E-state index < -0.39 is 0 Å². The van der Waals surface area contributed by atoms with E-state index >= 15 is 0 Å². The van der Waals surface area contributed by atoms with Gasteiger partial charge in [-0.15, -0.1) is 11.3 Å². The van der Waals surface area contributed by atoms with Crippen LogP contribution >= 0.6 is 11.3 Å². The highest BCUT2D eigenvalue weighted by Gasteiger charge is 2.22. The number of hydrogen-bond acceptors (Lipinski definition) is 3. The largest absolute Gasteiger partial charge is 0.340 e. The number of aryl methyl sites for hydroxylation is 3. The molecule has 138 valence electrons. The topological polar surface area (TPSA) is 62.0 Å². The molecule has 4 nitrogen and oxygen atoms in total. The Morgan fingerprint density at radius 2 is 1.93 bits per heavy atom. The van der Waals surface area contributed by atoms with Crippen molar-refractivity contribution < 1.29 is 4.79 Å². The summed E-state index contributed by atoms with van der Waals surface area (Å²) < 4.78 is 0. The standard InChI is InChI=1S/C22H22N2O2S/c1-14-8-11-18(21(25)23-14)22(26)24-20(19-7-4-12-27-19)17-10-9-15-5-2-3-6-16(15)13-17/h4,7-13,20H,2-3,5-6H2,1H3,(H,23,25)(H,24,26). The van der Waals surface area contributed by atoms with E-state index in [1.54, 1.807) is 30.4 Å². The molecule has 0 radical (unpaired) electrons. The van der Waals surface area contributed by atoms with Crippen LogP contribution in [0.1, 0.15) is 56.5 Å². The zero-order chi connectivity index (χ0) is 18.8. The zero-order valence-electron chi connectivity index (χ0n) is 15.2. The van der Waals surface area contributed by atoms with Gasteiger partial charge in [0.15, 0.2) is 0 Å². The van der Waals surface area contributed by atoms with Crippen molar-refractivity contribution in [1.29, 1.82) is 0 Å². The van der Waals surface area contributed by atoms with E-state index in [1.165, 1.54) is 24.0 Å². The molecule has 1 aliphatic carbocycles. The van der Waals surface area contributed by atoms with Gasteiger partial charge in [-0.2, -0.15) is 0 Å². The number of rotatable bonds is 4. The number of aromatic amines is 1. The normalized spacial score (nSPS) is 14.4. The minimum Gasteiger partial charge on any atom is -0.340 e. The number of pyridine rings is 1. The number of amides is 1. The van der Waals surface area contributed by atoms with Crippen molar-refractivity contribution in [2.75, 3.05) is 0 Å². The quantitative estimate of drug-likeness (QED) is 0.717. The second-order valence-corrected chi connectivity index (χ2v) is 8.02. The van der Waals surface area contributed by atoms with Crippen LogP contribution < -0.4 is 10.9 Å². The fourth-order valence-electron chi connectivity index (χ4n) is 3.67. The van der Waals surface area contributed by atoms with Crippen molar-refractivity contribution in [3.63, 3.8) is 0 Å². The van der Waals surface area contributed by atoms with Gasteiger partial charge in [-0.25, -0.2) is 0 Å². The number of aromatic nitrogens is 1. The maximum absolute atomic E-state index is 12.8. The molecule has 1 unspecified atom stereocenters. The fraction of sp³-hybridized carbons (Fsp3) is 0.273. The molecule has 0 spiro atoms. The molecule has 2 aromatic heterocycles. The van der Waals surface area contributed by atoms with Crippen molar-refractivity contribution in [3.8, 4) is 0 Å². The molecule has 0 saturated carbocycles. The van der Waals surface area contributed by atoms with Gasteiger partial charge in [-0.3, -0.25) is 9.59 Å². The van der Waals surface area contributed by atoms with Gasteiger partial charge >= 0.3 is 0 Å². The maximum atomic E-state index is 12.8. The van der Waals surface area contributed by atoms with Crippen LogP contribution in [-0.4, -0.2) is 10.9 Å². The first-order valence-corrected chi connectivity index (χ1v) is 10.2. The van der Waals surface area contributed by atoms with Crippen molar-refractivity contribution in [2.24, 2.45) is 0 Å². The summed E-state index contributed by atoms with van der Waals surface area (Å²) >= 11 is 1.61. The number of benzene rings is 1. The minimum absolute atomic E-state index is 0.139. The number of hydrogen-bond donors (Lipinski definition) is 2. The maximum Gasteiger partial charge on any atom is 0.260 e. The van der Waals surface area contributed by atoms with Crippen LogP contribution in [0.15, 0.2) is 52.6 Å². The Balaban J connectivity index is 1.68. The lowest BCUT2D eigenvalue weighted by Crippen LogP contribution is -2.33. The summed E-state index contributed by atoms with van der Waals surface area (Å²) in [7, 11) is 0. The van der Waals surface area contributed by atoms with Gasteiger partial charge in [0.05, 0.1) is 6.04 Å². The minimum atomic E-state index is -0.358. The highest BCUT2D eigenvalue weighted by molar-refractivity contribution is 7.10. The number of nitrogens with one attached hydrogen (secondary N) is 2. The van der Waals surface area contributed by atoms with Gasteiger partial charge in [0.1, 0.15) is 5.56 Å². The number of fused-ring (bicyclic) bond motifs is 1. The number of thiophene rings is 1. The van der Waals surface area contributed by atoms with Crippen LogP contribution in [0.4, 0.5) is 0 Å². The van der Waals surface area contributed by atoms with Crippen LogP contribution in [0.2, 0.25) is 0 Å². The summed E-state index contributed by atoms with van der Waals surface area (Å²) in [6.45, 7) is 1.80. The number of carbonyl (C=O) groups excluding carboxylic acids is 1. The van der Waals surface area contributed by atoms with Gasteiger partial charge in [0.25, 0.3) is 11.5 Å². The Hall–Kier alpha value is -2.66. The van der Waals surface area contributed by atoms with Gasteiger partial charge < -0.3 is 10.3 Å². The zero-order valence-corrected chi connectivity index (χ0v) is 16.1. The van der Waals surface area contributed by atoms with E-state index in [0.717, 1.165) is 29.0 Å². The molecule has 1 aliphatic rings. The summed E-state index contributed by atoms with van der Waals surface area (Å²) in [5.41, 5.74) is 4.37. The lowest BCUT2D eigenvalue weighted by Gasteiger charge is -2.22. The molecule has 2 heterocycles. The van der Waals surface area contributed by atoms with E-state index in [0.29, 0.717) is 0 Å². The molecule has 1 aromatic carbocycles. The molecular formula is C22H22N2O2S. The first-order chi connectivity index (χ1) is 13.1. The highest BCUT2D eigenvalue weighted by atomic mass is 32.1. The van der Waals surface area contributed by atoms with Crippen molar-refractivity contribution in [2.45, 2.75) is 38.6 Å². The van der Waals surface area contributed by atoms with Crippen LogP contribution in [0.5, 0.6) is 0 Å². The molecule has 0 aliphatic heterocycles. The van der Waals surface area contributed by atoms with E-state index in [1.807, 2.05) is 17.5 Å². The Kier molecular flexibility index (Phi) is 4.94. The molecule has 0 saturated heterocycles. The third-order valence-electron chi connectivity index (χ3n) is 5.11. The monoisotopic (exact) mass is 378 g/mol. The second-order valence-electron chi connectivity index (χ2n) is 7.04. The average Bonchev–Trinajstić information content (AvgIpc) is 3.20. The summed E-state index contributed by atoms with van der Waals surface area (Å²) in [4.78, 5) is 28.7. The Morgan fingerprint density at radius 3 is 2.67 bits per heavy atom. The molecule has 0 fully saturated rings. The van der Waals surface area contributed by atoms with Crippen molar-refractivity contribution >= 4 is 17.2 Å². The number of H-pyrrole nitrogens is 1. The summed E-state index contributed by atoms with van der Waals surface area (Å²) in [6, 6.07) is 13.6. The molecule has 1 amide bonds. The molecule has 5 heteroatoms. The molecule has 4 rings (SSSR count). The van der Waals surface area contributed by atoms with Gasteiger partial charge in [-0.1, -0.05) is 24.3 Å². The van der Waals surface area contributed by atoms with Crippen LogP contribution in [-0.2, 0) is 12.8 Å². The van der Waals surface area contributed by atoms with Gasteiger partial charge in [0.2, 0.25) is 0 Å². The van der Waals surface area contributed by atoms with Gasteiger partial charge in [0, 0.05) is 10.6 Å². The first-order valence-electron chi connectivity index (χ1n) is 9.28. The van der Waals surface area contributed by atoms with Crippen molar-refractivity contribution in [1.82, 2.24) is 10.3 Å². The van der Waals surface area contributed by atoms with E-state index in [-0.39, 0.29) is 23.1 Å². The molecule has 2 N–H and O–H groups in total. The fourth-order valence-corrected chi connectivity index (χ4v) is 4.47. The third-order valence-corrected chi connectivity index (χ3v) is 6.05. The van der Waals surface area contributed by atoms with E-state index in [9.17, 15) is 9.59 Å². The third kappa shape index (κ3) is 3.74. The molecule has 3 aromatic rings. The molecule has 27 heavy (non-hydrogen) atoms. The number of carbonyl (C=O) groups is 1. The highest BCUT2D eigenvalue weighted by Crippen LogP contribution is 2.30. The molecule has 0 bridgehead atoms. The summed E-state index contributed by atoms with van der Waals surface area (Å²) in [5.74, 6) is -0.354. The van der Waals surface area contributed by atoms with Crippen molar-refractivity contribution in [3.05, 3.63) is 91.0 Å². The van der Waals surface area contributed by atoms with E-state index in [4.69, 9.17) is 0 Å². The second kappa shape index (κ2) is 7.53. The molecule has 1 atom stereocenters. The smallest absolute Gasteiger partial charge is 0.260 e. The van der Waals surface area contributed by atoms with Crippen LogP contribution in [0, 0.1) is 6.92 Å². The lowest BCUT2D eigenvalue weighted by molar-refractivity contribution is 0.0942. The lowest BCUT2D eigenvalue weighted by atomic mass is 9.89. The Morgan fingerprint density at radius 1 is 1.11 bits per heavy atom.